The van der Waals surface area contributed by atoms with Gasteiger partial charge in [0.1, 0.15) is 11.6 Å². The quantitative estimate of drug-likeness (QED) is 0.884. The van der Waals surface area contributed by atoms with Crippen LogP contribution in [0.15, 0.2) is 30.5 Å². The zero-order chi connectivity index (χ0) is 15.4. The Labute approximate surface area is 121 Å². The van der Waals surface area contributed by atoms with Crippen molar-refractivity contribution < 1.29 is 14.3 Å². The van der Waals surface area contributed by atoms with Crippen LogP contribution in [0.4, 0.5) is 10.2 Å². The molecule has 6 heteroatoms. The third-order valence-electron chi connectivity index (χ3n) is 2.94. The van der Waals surface area contributed by atoms with E-state index in [9.17, 15) is 9.18 Å². The topological polar surface area (TPSA) is 75.1 Å². The number of hydrogen-bond donors (Lipinski definition) is 2. The van der Waals surface area contributed by atoms with Crippen molar-refractivity contribution in [2.24, 2.45) is 0 Å². The number of halogens is 1. The molecule has 0 amide bonds. The molecule has 2 aromatic rings. The van der Waals surface area contributed by atoms with E-state index in [2.05, 4.69) is 15.3 Å². The van der Waals surface area contributed by atoms with Crippen LogP contribution in [0.5, 0.6) is 0 Å². The van der Waals surface area contributed by atoms with Crippen LogP contribution in [-0.4, -0.2) is 21.0 Å². The summed E-state index contributed by atoms with van der Waals surface area (Å²) in [7, 11) is 0. The number of anilines is 1. The van der Waals surface area contributed by atoms with Gasteiger partial charge in [0.25, 0.3) is 0 Å². The number of carboxylic acid groups (broad SMARTS) is 1. The first kappa shape index (κ1) is 14.9. The van der Waals surface area contributed by atoms with Crippen LogP contribution in [0.1, 0.15) is 41.5 Å². The average molecular weight is 289 g/mol. The molecule has 2 rings (SSSR count). The highest BCUT2D eigenvalue weighted by Gasteiger charge is 2.14. The van der Waals surface area contributed by atoms with E-state index in [1.54, 1.807) is 12.1 Å². The molecule has 5 nitrogen and oxygen atoms in total. The average Bonchev–Trinajstić information content (AvgIpc) is 2.46. The van der Waals surface area contributed by atoms with Crippen molar-refractivity contribution in [2.75, 3.05) is 5.32 Å². The fourth-order valence-corrected chi connectivity index (χ4v) is 1.83. The zero-order valence-electron chi connectivity index (χ0n) is 11.8. The third-order valence-corrected chi connectivity index (χ3v) is 2.94. The van der Waals surface area contributed by atoms with Crippen LogP contribution >= 0.6 is 0 Å². The Morgan fingerprint density at radius 3 is 2.57 bits per heavy atom. The number of aromatic nitrogens is 2. The number of nitrogens with one attached hydrogen (secondary N) is 1. The molecule has 0 saturated heterocycles. The summed E-state index contributed by atoms with van der Waals surface area (Å²) in [6.07, 6.45) is 1.22. The fourth-order valence-electron chi connectivity index (χ4n) is 1.83. The van der Waals surface area contributed by atoms with E-state index < -0.39 is 5.97 Å². The molecule has 110 valence electrons. The molecule has 0 aliphatic rings. The maximum Gasteiger partial charge on any atom is 0.356 e. The predicted molar refractivity (Wildman–Crippen MR) is 76.8 cm³/mol. The Morgan fingerprint density at radius 1 is 1.33 bits per heavy atom. The molecule has 0 atom stereocenters. The minimum atomic E-state index is -1.10. The second-order valence-corrected chi connectivity index (χ2v) is 4.93. The molecule has 0 aliphatic heterocycles. The monoisotopic (exact) mass is 289 g/mol. The molecular weight excluding hydrogens is 273 g/mol. The summed E-state index contributed by atoms with van der Waals surface area (Å²) < 4.78 is 12.8. The van der Waals surface area contributed by atoms with Crippen molar-refractivity contribution in [3.8, 4) is 0 Å². The summed E-state index contributed by atoms with van der Waals surface area (Å²) in [5, 5.41) is 12.1. The molecule has 0 saturated carbocycles. The van der Waals surface area contributed by atoms with Gasteiger partial charge in [-0.05, 0) is 23.6 Å². The van der Waals surface area contributed by atoms with E-state index in [-0.39, 0.29) is 17.4 Å². The van der Waals surface area contributed by atoms with E-state index in [1.807, 2.05) is 13.8 Å². The first-order valence-electron chi connectivity index (χ1n) is 6.56. The number of carboxylic acids is 1. The van der Waals surface area contributed by atoms with Gasteiger partial charge in [-0.2, -0.15) is 0 Å². The number of benzene rings is 1. The first-order chi connectivity index (χ1) is 9.97. The number of carbonyl (C=O) groups is 1. The lowest BCUT2D eigenvalue weighted by atomic mass is 10.1. The highest BCUT2D eigenvalue weighted by atomic mass is 19.1. The maximum atomic E-state index is 12.8. The summed E-state index contributed by atoms with van der Waals surface area (Å²) in [5.74, 6) is -0.812. The van der Waals surface area contributed by atoms with Crippen molar-refractivity contribution in [1.82, 2.24) is 9.97 Å². The van der Waals surface area contributed by atoms with Gasteiger partial charge < -0.3 is 10.4 Å². The third kappa shape index (κ3) is 3.75. The van der Waals surface area contributed by atoms with Gasteiger partial charge in [0.05, 0.1) is 11.9 Å². The summed E-state index contributed by atoms with van der Waals surface area (Å²) in [5.41, 5.74) is 1.42. The summed E-state index contributed by atoms with van der Waals surface area (Å²) in [6.45, 7) is 4.29. The van der Waals surface area contributed by atoms with Crippen LogP contribution in [0.25, 0.3) is 0 Å². The molecule has 2 N–H and O–H groups in total. The van der Waals surface area contributed by atoms with Gasteiger partial charge in [0.2, 0.25) is 0 Å². The Morgan fingerprint density at radius 2 is 2.00 bits per heavy atom. The lowest BCUT2D eigenvalue weighted by Gasteiger charge is -2.13. The van der Waals surface area contributed by atoms with Crippen LogP contribution in [0.2, 0.25) is 0 Å². The zero-order valence-corrected chi connectivity index (χ0v) is 11.8. The van der Waals surface area contributed by atoms with Gasteiger partial charge in [0, 0.05) is 6.54 Å². The van der Waals surface area contributed by atoms with E-state index in [0.29, 0.717) is 18.1 Å². The number of nitrogens with zero attached hydrogens (tertiary/aromatic N) is 2. The van der Waals surface area contributed by atoms with Crippen molar-refractivity contribution >= 4 is 11.8 Å². The van der Waals surface area contributed by atoms with Crippen LogP contribution in [-0.2, 0) is 6.54 Å². The highest BCUT2D eigenvalue weighted by molar-refractivity contribution is 5.85. The van der Waals surface area contributed by atoms with Crippen molar-refractivity contribution in [1.29, 1.82) is 0 Å². The second kappa shape index (κ2) is 6.30. The fraction of sp³-hybridized carbons (Fsp3) is 0.267. The molecule has 0 radical (unpaired) electrons. The van der Waals surface area contributed by atoms with E-state index in [4.69, 9.17) is 5.11 Å². The summed E-state index contributed by atoms with van der Waals surface area (Å²) in [6, 6.07) is 6.13. The Kier molecular flexibility index (Phi) is 4.47. The maximum absolute atomic E-state index is 12.8. The Balaban J connectivity index is 2.19. The summed E-state index contributed by atoms with van der Waals surface area (Å²) >= 11 is 0. The largest absolute Gasteiger partial charge is 0.476 e. The van der Waals surface area contributed by atoms with E-state index >= 15 is 0 Å². The van der Waals surface area contributed by atoms with Crippen molar-refractivity contribution in [3.05, 3.63) is 53.2 Å². The standard InChI is InChI=1S/C15H16FN3O2/c1-9(2)13-14(18-8-12(19-13)15(20)21)17-7-10-3-5-11(16)6-4-10/h3-6,8-9H,7H2,1-2H3,(H,17,18)(H,20,21). The highest BCUT2D eigenvalue weighted by Crippen LogP contribution is 2.20. The van der Waals surface area contributed by atoms with Gasteiger partial charge in [0.15, 0.2) is 5.69 Å². The molecule has 0 fully saturated rings. The number of rotatable bonds is 5. The van der Waals surface area contributed by atoms with Crippen LogP contribution in [0, 0.1) is 5.82 Å². The van der Waals surface area contributed by atoms with Crippen LogP contribution < -0.4 is 5.32 Å². The molecule has 0 unspecified atom stereocenters. The smallest absolute Gasteiger partial charge is 0.356 e. The number of hydrogen-bond acceptors (Lipinski definition) is 4. The molecule has 21 heavy (non-hydrogen) atoms. The Bertz CT molecular complexity index is 642. The molecule has 1 aromatic carbocycles. The predicted octanol–water partition coefficient (Wildman–Crippen LogP) is 3.05. The van der Waals surface area contributed by atoms with E-state index in [1.165, 1.54) is 18.3 Å². The minimum absolute atomic E-state index is 0.0347. The van der Waals surface area contributed by atoms with Crippen molar-refractivity contribution in [2.45, 2.75) is 26.3 Å². The minimum Gasteiger partial charge on any atom is -0.476 e. The van der Waals surface area contributed by atoms with Gasteiger partial charge in [-0.25, -0.2) is 19.2 Å². The molecule has 0 spiro atoms. The lowest BCUT2D eigenvalue weighted by Crippen LogP contribution is -2.11. The first-order valence-corrected chi connectivity index (χ1v) is 6.56. The van der Waals surface area contributed by atoms with E-state index in [0.717, 1.165) is 5.56 Å². The molecule has 0 aliphatic carbocycles. The van der Waals surface area contributed by atoms with Gasteiger partial charge in [-0.3, -0.25) is 0 Å². The second-order valence-electron chi connectivity index (χ2n) is 4.93. The molecule has 0 bridgehead atoms. The molecular formula is C15H16FN3O2. The SMILES string of the molecule is CC(C)c1nc(C(=O)O)cnc1NCc1ccc(F)cc1. The van der Waals surface area contributed by atoms with Gasteiger partial charge in [-0.1, -0.05) is 26.0 Å². The summed E-state index contributed by atoms with van der Waals surface area (Å²) in [4.78, 5) is 19.2. The molecule has 1 heterocycles. The van der Waals surface area contributed by atoms with Crippen LogP contribution in [0.3, 0.4) is 0 Å². The molecule has 1 aromatic heterocycles. The van der Waals surface area contributed by atoms with Crippen molar-refractivity contribution in [3.63, 3.8) is 0 Å². The number of aromatic carboxylic acids is 1. The normalized spacial score (nSPS) is 10.7. The Hall–Kier alpha value is -2.50. The lowest BCUT2D eigenvalue weighted by molar-refractivity contribution is 0.0689. The van der Waals surface area contributed by atoms with Gasteiger partial charge in [-0.15, -0.1) is 0 Å². The van der Waals surface area contributed by atoms with Gasteiger partial charge >= 0.3 is 5.97 Å².